The summed E-state index contributed by atoms with van der Waals surface area (Å²) in [4.78, 5) is 34.9. The summed E-state index contributed by atoms with van der Waals surface area (Å²) < 4.78 is 0. The van der Waals surface area contributed by atoms with Gasteiger partial charge < -0.3 is 11.1 Å². The van der Waals surface area contributed by atoms with E-state index < -0.39 is 5.91 Å². The molecule has 0 aliphatic heterocycles. The lowest BCUT2D eigenvalue weighted by Crippen LogP contribution is -2.26. The average molecular weight is 405 g/mol. The second-order valence-electron chi connectivity index (χ2n) is 6.72. The SMILES string of the molecule is CCC(Sc1nc(C)cc(C)n1)C(=O)Nc1sc2c(c1C(N)=O)CCCC2. The zero-order valence-corrected chi connectivity index (χ0v) is 17.4. The van der Waals surface area contributed by atoms with Crippen molar-refractivity contribution in [2.45, 2.75) is 63.3 Å². The molecule has 6 nitrogen and oxygen atoms in total. The molecule has 3 rings (SSSR count). The zero-order chi connectivity index (χ0) is 19.6. The van der Waals surface area contributed by atoms with E-state index in [0.717, 1.165) is 42.6 Å². The summed E-state index contributed by atoms with van der Waals surface area (Å²) in [6.07, 6.45) is 4.58. The predicted molar refractivity (Wildman–Crippen MR) is 110 cm³/mol. The Bertz CT molecular complexity index is 859. The Morgan fingerprint density at radius 3 is 2.56 bits per heavy atom. The van der Waals surface area contributed by atoms with Crippen molar-refractivity contribution in [1.29, 1.82) is 0 Å². The van der Waals surface area contributed by atoms with Crippen LogP contribution >= 0.6 is 23.1 Å². The Balaban J connectivity index is 1.81. The highest BCUT2D eigenvalue weighted by Crippen LogP contribution is 2.38. The molecule has 0 saturated carbocycles. The fraction of sp³-hybridized carbons (Fsp3) is 0.474. The molecule has 27 heavy (non-hydrogen) atoms. The molecule has 2 aromatic rings. The van der Waals surface area contributed by atoms with Gasteiger partial charge in [0.1, 0.15) is 5.00 Å². The molecule has 0 bridgehead atoms. The number of fused-ring (bicyclic) bond motifs is 1. The van der Waals surface area contributed by atoms with Gasteiger partial charge in [0.05, 0.1) is 10.8 Å². The van der Waals surface area contributed by atoms with Gasteiger partial charge in [-0.3, -0.25) is 9.59 Å². The van der Waals surface area contributed by atoms with Crippen LogP contribution in [0.15, 0.2) is 11.2 Å². The fourth-order valence-electron chi connectivity index (χ4n) is 3.30. The molecule has 0 radical (unpaired) electrons. The van der Waals surface area contributed by atoms with E-state index in [4.69, 9.17) is 5.73 Å². The topological polar surface area (TPSA) is 98.0 Å². The number of nitrogens with one attached hydrogen (secondary N) is 1. The van der Waals surface area contributed by atoms with Gasteiger partial charge in [-0.15, -0.1) is 11.3 Å². The van der Waals surface area contributed by atoms with Crippen LogP contribution in [0.2, 0.25) is 0 Å². The van der Waals surface area contributed by atoms with Crippen LogP contribution in [0.5, 0.6) is 0 Å². The lowest BCUT2D eigenvalue weighted by atomic mass is 9.95. The second-order valence-corrected chi connectivity index (χ2v) is 8.99. The summed E-state index contributed by atoms with van der Waals surface area (Å²) in [5, 5.41) is 3.79. The third kappa shape index (κ3) is 4.50. The minimum atomic E-state index is -0.469. The van der Waals surface area contributed by atoms with Gasteiger partial charge in [0, 0.05) is 16.3 Å². The molecule has 0 spiro atoms. The van der Waals surface area contributed by atoms with Crippen molar-refractivity contribution in [3.05, 3.63) is 33.5 Å². The number of nitrogens with zero attached hydrogens (tertiary/aromatic N) is 2. The summed E-state index contributed by atoms with van der Waals surface area (Å²) in [6.45, 7) is 5.78. The van der Waals surface area contributed by atoms with Crippen LogP contribution in [0.25, 0.3) is 0 Å². The minimum Gasteiger partial charge on any atom is -0.365 e. The number of carbonyl (C=O) groups is 2. The number of anilines is 1. The molecule has 1 aliphatic carbocycles. The molecular weight excluding hydrogens is 380 g/mol. The Morgan fingerprint density at radius 2 is 1.93 bits per heavy atom. The minimum absolute atomic E-state index is 0.147. The van der Waals surface area contributed by atoms with Crippen molar-refractivity contribution in [2.24, 2.45) is 5.73 Å². The van der Waals surface area contributed by atoms with Crippen LogP contribution < -0.4 is 11.1 Å². The van der Waals surface area contributed by atoms with Crippen molar-refractivity contribution >= 4 is 39.9 Å². The number of hydrogen-bond acceptors (Lipinski definition) is 6. The molecule has 2 aromatic heterocycles. The fourth-order valence-corrected chi connectivity index (χ4v) is 5.58. The van der Waals surface area contributed by atoms with Crippen molar-refractivity contribution in [1.82, 2.24) is 9.97 Å². The Morgan fingerprint density at radius 1 is 1.26 bits per heavy atom. The number of aromatic nitrogens is 2. The highest BCUT2D eigenvalue weighted by atomic mass is 32.2. The molecule has 144 valence electrons. The number of thiophene rings is 1. The van der Waals surface area contributed by atoms with E-state index in [1.165, 1.54) is 28.0 Å². The van der Waals surface area contributed by atoms with Crippen LogP contribution in [0.4, 0.5) is 5.00 Å². The maximum Gasteiger partial charge on any atom is 0.251 e. The highest BCUT2D eigenvalue weighted by molar-refractivity contribution is 8.00. The number of amides is 2. The Hall–Kier alpha value is -1.93. The first-order valence-corrected chi connectivity index (χ1v) is 10.8. The highest BCUT2D eigenvalue weighted by Gasteiger charge is 2.27. The molecule has 1 unspecified atom stereocenters. The predicted octanol–water partition coefficient (Wildman–Crippen LogP) is 3.64. The third-order valence-corrected chi connectivity index (χ3v) is 6.96. The van der Waals surface area contributed by atoms with E-state index in [2.05, 4.69) is 15.3 Å². The Labute approximate surface area is 167 Å². The first-order chi connectivity index (χ1) is 12.9. The lowest BCUT2D eigenvalue weighted by molar-refractivity contribution is -0.115. The van der Waals surface area contributed by atoms with Crippen LogP contribution in [0.3, 0.4) is 0 Å². The van der Waals surface area contributed by atoms with Crippen molar-refractivity contribution in [2.75, 3.05) is 5.32 Å². The third-order valence-electron chi connectivity index (χ3n) is 4.53. The van der Waals surface area contributed by atoms with Crippen molar-refractivity contribution < 1.29 is 9.59 Å². The Kier molecular flexibility index (Phi) is 6.16. The standard InChI is InChI=1S/C19H24N4O2S2/c1-4-13(27-19-21-10(2)9-11(3)22-19)17(25)23-18-15(16(20)24)12-7-5-6-8-14(12)26-18/h9,13H,4-8H2,1-3H3,(H2,20,24)(H,23,25). The maximum absolute atomic E-state index is 12.9. The van der Waals surface area contributed by atoms with Crippen LogP contribution in [-0.2, 0) is 17.6 Å². The maximum atomic E-state index is 12.9. The summed E-state index contributed by atoms with van der Waals surface area (Å²) in [6, 6.07) is 1.90. The molecule has 0 fully saturated rings. The average Bonchev–Trinajstić information content (AvgIpc) is 2.96. The van der Waals surface area contributed by atoms with Crippen LogP contribution in [0, 0.1) is 13.8 Å². The monoisotopic (exact) mass is 404 g/mol. The number of primary amides is 1. The van der Waals surface area contributed by atoms with E-state index in [0.29, 0.717) is 22.1 Å². The molecular formula is C19H24N4O2S2. The van der Waals surface area contributed by atoms with E-state index in [1.54, 1.807) is 0 Å². The molecule has 8 heteroatoms. The molecule has 2 amide bonds. The summed E-state index contributed by atoms with van der Waals surface area (Å²) in [7, 11) is 0. The van der Waals surface area contributed by atoms with E-state index in [-0.39, 0.29) is 11.2 Å². The number of aryl methyl sites for hydroxylation is 3. The largest absolute Gasteiger partial charge is 0.365 e. The van der Waals surface area contributed by atoms with Crippen molar-refractivity contribution in [3.8, 4) is 0 Å². The second kappa shape index (κ2) is 8.39. The van der Waals surface area contributed by atoms with Gasteiger partial charge in [0.25, 0.3) is 5.91 Å². The first-order valence-electron chi connectivity index (χ1n) is 9.13. The number of nitrogens with two attached hydrogens (primary N) is 1. The van der Waals surface area contributed by atoms with Gasteiger partial charge in [0.2, 0.25) is 5.91 Å². The number of rotatable bonds is 6. The summed E-state index contributed by atoms with van der Waals surface area (Å²) >= 11 is 2.83. The number of thioether (sulfide) groups is 1. The van der Waals surface area contributed by atoms with Gasteiger partial charge in [-0.25, -0.2) is 9.97 Å². The van der Waals surface area contributed by atoms with Gasteiger partial charge in [0.15, 0.2) is 5.16 Å². The van der Waals surface area contributed by atoms with Gasteiger partial charge in [-0.05, 0) is 57.6 Å². The number of hydrogen-bond donors (Lipinski definition) is 2. The zero-order valence-electron chi connectivity index (χ0n) is 15.8. The number of carbonyl (C=O) groups excluding carboxylic acids is 2. The van der Waals surface area contributed by atoms with Crippen molar-refractivity contribution in [3.63, 3.8) is 0 Å². The lowest BCUT2D eigenvalue weighted by Gasteiger charge is -2.14. The molecule has 0 aromatic carbocycles. The molecule has 2 heterocycles. The molecule has 3 N–H and O–H groups in total. The summed E-state index contributed by atoms with van der Waals surface area (Å²) in [5.74, 6) is -0.616. The van der Waals surface area contributed by atoms with Crippen LogP contribution in [-0.4, -0.2) is 27.0 Å². The molecule has 1 aliphatic rings. The van der Waals surface area contributed by atoms with E-state index >= 15 is 0 Å². The van der Waals surface area contributed by atoms with Gasteiger partial charge in [-0.1, -0.05) is 18.7 Å². The molecule has 0 saturated heterocycles. The summed E-state index contributed by atoms with van der Waals surface area (Å²) in [5.41, 5.74) is 8.88. The van der Waals surface area contributed by atoms with E-state index in [9.17, 15) is 9.59 Å². The normalized spacial score (nSPS) is 14.5. The van der Waals surface area contributed by atoms with E-state index in [1.807, 2.05) is 26.8 Å². The van der Waals surface area contributed by atoms with Gasteiger partial charge in [-0.2, -0.15) is 0 Å². The van der Waals surface area contributed by atoms with Gasteiger partial charge >= 0.3 is 0 Å². The quantitative estimate of drug-likeness (QED) is 0.566. The first kappa shape index (κ1) is 19.8. The smallest absolute Gasteiger partial charge is 0.251 e. The molecule has 1 atom stereocenters. The van der Waals surface area contributed by atoms with Crippen LogP contribution in [0.1, 0.15) is 58.4 Å².